The molecule has 1 aromatic heterocycles. The zero-order valence-electron chi connectivity index (χ0n) is 13.3. The lowest BCUT2D eigenvalue weighted by atomic mass is 9.80. The van der Waals surface area contributed by atoms with Crippen molar-refractivity contribution in [1.29, 1.82) is 0 Å². The summed E-state index contributed by atoms with van der Waals surface area (Å²) in [4.78, 5) is 11.7. The zero-order valence-corrected chi connectivity index (χ0v) is 13.3. The quantitative estimate of drug-likeness (QED) is 0.811. The average molecular weight is 315 g/mol. The van der Waals surface area contributed by atoms with Crippen LogP contribution in [0.25, 0.3) is 0 Å². The third-order valence-electron chi connectivity index (χ3n) is 4.32. The fraction of sp³-hybridized carbons (Fsp3) is 0.500. The van der Waals surface area contributed by atoms with E-state index < -0.39 is 11.4 Å². The van der Waals surface area contributed by atoms with Gasteiger partial charge in [-0.2, -0.15) is 0 Å². The van der Waals surface area contributed by atoms with Crippen molar-refractivity contribution < 1.29 is 9.90 Å². The second kappa shape index (κ2) is 6.08. The molecule has 0 spiro atoms. The molecule has 0 amide bonds. The predicted octanol–water partition coefficient (Wildman–Crippen LogP) is 1.95. The van der Waals surface area contributed by atoms with E-state index in [1.54, 1.807) is 13.8 Å². The molecule has 0 aliphatic heterocycles. The van der Waals surface area contributed by atoms with E-state index in [9.17, 15) is 9.90 Å². The third-order valence-corrected chi connectivity index (χ3v) is 4.32. The summed E-state index contributed by atoms with van der Waals surface area (Å²) in [5.41, 5.74) is -0.0236. The van der Waals surface area contributed by atoms with Gasteiger partial charge in [0.05, 0.1) is 18.0 Å². The lowest BCUT2D eigenvalue weighted by Crippen LogP contribution is -2.40. The Bertz CT molecular complexity index is 679. The highest BCUT2D eigenvalue weighted by Gasteiger charge is 2.38. The largest absolute Gasteiger partial charge is 0.481 e. The maximum atomic E-state index is 11.7. The fourth-order valence-electron chi connectivity index (χ4n) is 2.68. The molecule has 7 nitrogen and oxygen atoms in total. The van der Waals surface area contributed by atoms with Gasteiger partial charge in [0.1, 0.15) is 0 Å². The van der Waals surface area contributed by atoms with E-state index >= 15 is 0 Å². The highest BCUT2D eigenvalue weighted by molar-refractivity contribution is 5.75. The molecule has 1 aromatic carbocycles. The summed E-state index contributed by atoms with van der Waals surface area (Å²) in [5.74, 6) is -0.102. The number of nitrogens with zero attached hydrogens (tertiary/aromatic N) is 4. The van der Waals surface area contributed by atoms with Gasteiger partial charge in [-0.25, -0.2) is 4.68 Å². The van der Waals surface area contributed by atoms with Crippen molar-refractivity contribution in [2.45, 2.75) is 45.3 Å². The van der Waals surface area contributed by atoms with E-state index in [2.05, 4.69) is 20.8 Å². The van der Waals surface area contributed by atoms with E-state index in [0.29, 0.717) is 12.6 Å². The molecule has 2 N–H and O–H groups in total. The highest BCUT2D eigenvalue weighted by atomic mass is 16.4. The molecular formula is C16H21N5O2. The van der Waals surface area contributed by atoms with Gasteiger partial charge in [-0.3, -0.25) is 4.79 Å². The van der Waals surface area contributed by atoms with Crippen LogP contribution < -0.4 is 5.32 Å². The molecule has 1 aliphatic carbocycles. The van der Waals surface area contributed by atoms with E-state index in [1.165, 1.54) is 0 Å². The van der Waals surface area contributed by atoms with Crippen molar-refractivity contribution >= 4 is 5.97 Å². The summed E-state index contributed by atoms with van der Waals surface area (Å²) in [6, 6.07) is 9.67. The highest BCUT2D eigenvalue weighted by Crippen LogP contribution is 2.36. The van der Waals surface area contributed by atoms with Gasteiger partial charge in [0, 0.05) is 6.04 Å². The number of carboxylic acid groups (broad SMARTS) is 1. The van der Waals surface area contributed by atoms with Gasteiger partial charge >= 0.3 is 5.97 Å². The lowest BCUT2D eigenvalue weighted by Gasteiger charge is -2.31. The molecule has 1 unspecified atom stereocenters. The standard InChI is InChI=1S/C16H21N5O2/c1-16(2,15(22)23)14(11-6-4-3-5-7-11)17-10-13-18-19-20-21(13)12-8-9-12/h3-7,12,14,17H,8-10H2,1-2H3,(H,22,23). The summed E-state index contributed by atoms with van der Waals surface area (Å²) in [7, 11) is 0. The zero-order chi connectivity index (χ0) is 16.4. The molecule has 0 radical (unpaired) electrons. The second-order valence-corrected chi connectivity index (χ2v) is 6.52. The molecule has 3 rings (SSSR count). The Kier molecular flexibility index (Phi) is 4.12. The van der Waals surface area contributed by atoms with Crippen LogP contribution in [0, 0.1) is 5.41 Å². The predicted molar refractivity (Wildman–Crippen MR) is 83.5 cm³/mol. The van der Waals surface area contributed by atoms with Gasteiger partial charge < -0.3 is 10.4 Å². The third kappa shape index (κ3) is 3.24. The molecule has 1 atom stereocenters. The van der Waals surface area contributed by atoms with Crippen molar-refractivity contribution in [1.82, 2.24) is 25.5 Å². The van der Waals surface area contributed by atoms with Gasteiger partial charge in [-0.05, 0) is 42.7 Å². The molecular weight excluding hydrogens is 294 g/mol. The Hall–Kier alpha value is -2.28. The van der Waals surface area contributed by atoms with Crippen LogP contribution in [0.5, 0.6) is 0 Å². The van der Waals surface area contributed by atoms with Gasteiger partial charge in [-0.1, -0.05) is 30.3 Å². The number of carboxylic acids is 1. The van der Waals surface area contributed by atoms with Crippen molar-refractivity contribution in [3.8, 4) is 0 Å². The van der Waals surface area contributed by atoms with Crippen LogP contribution in [0.2, 0.25) is 0 Å². The molecule has 2 aromatic rings. The van der Waals surface area contributed by atoms with Gasteiger partial charge in [0.25, 0.3) is 0 Å². The maximum absolute atomic E-state index is 11.7. The van der Waals surface area contributed by atoms with E-state index in [4.69, 9.17) is 0 Å². The van der Waals surface area contributed by atoms with Crippen molar-refractivity contribution in [2.24, 2.45) is 5.41 Å². The first-order valence-corrected chi connectivity index (χ1v) is 7.78. The van der Waals surface area contributed by atoms with Crippen LogP contribution in [-0.2, 0) is 11.3 Å². The van der Waals surface area contributed by atoms with Gasteiger partial charge in [0.2, 0.25) is 0 Å². The molecule has 7 heteroatoms. The Morgan fingerprint density at radius 2 is 2.09 bits per heavy atom. The summed E-state index contributed by atoms with van der Waals surface area (Å²) < 4.78 is 1.84. The summed E-state index contributed by atoms with van der Waals surface area (Å²) >= 11 is 0. The lowest BCUT2D eigenvalue weighted by molar-refractivity contribution is -0.148. The molecule has 1 aliphatic rings. The molecule has 122 valence electrons. The summed E-state index contributed by atoms with van der Waals surface area (Å²) in [6.45, 7) is 3.88. The van der Waals surface area contributed by atoms with E-state index in [-0.39, 0.29) is 6.04 Å². The number of nitrogens with one attached hydrogen (secondary N) is 1. The smallest absolute Gasteiger partial charge is 0.311 e. The number of hydrogen-bond donors (Lipinski definition) is 2. The Morgan fingerprint density at radius 3 is 2.70 bits per heavy atom. The van der Waals surface area contributed by atoms with E-state index in [1.807, 2.05) is 35.0 Å². The molecule has 1 fully saturated rings. The summed E-state index contributed by atoms with van der Waals surface area (Å²) in [6.07, 6.45) is 2.20. The van der Waals surface area contributed by atoms with Crippen LogP contribution in [0.1, 0.15) is 50.2 Å². The van der Waals surface area contributed by atoms with E-state index in [0.717, 1.165) is 24.2 Å². The monoisotopic (exact) mass is 315 g/mol. The molecule has 1 heterocycles. The van der Waals surface area contributed by atoms with Gasteiger partial charge in [0.15, 0.2) is 5.82 Å². The summed E-state index contributed by atoms with van der Waals surface area (Å²) in [5, 5.41) is 24.8. The van der Waals surface area contributed by atoms with Gasteiger partial charge in [-0.15, -0.1) is 5.10 Å². The topological polar surface area (TPSA) is 92.9 Å². The van der Waals surface area contributed by atoms with Crippen molar-refractivity contribution in [3.63, 3.8) is 0 Å². The average Bonchev–Trinajstić information content (AvgIpc) is 3.27. The first-order valence-electron chi connectivity index (χ1n) is 7.78. The van der Waals surface area contributed by atoms with Crippen LogP contribution in [0.4, 0.5) is 0 Å². The molecule has 1 saturated carbocycles. The van der Waals surface area contributed by atoms with Crippen LogP contribution in [0.15, 0.2) is 30.3 Å². The van der Waals surface area contributed by atoms with Crippen molar-refractivity contribution in [2.75, 3.05) is 0 Å². The normalized spacial score (nSPS) is 16.3. The number of aliphatic carboxylic acids is 1. The Morgan fingerprint density at radius 1 is 1.39 bits per heavy atom. The first-order chi connectivity index (χ1) is 11.0. The fourth-order valence-corrected chi connectivity index (χ4v) is 2.68. The number of rotatable bonds is 7. The number of benzene rings is 1. The SMILES string of the molecule is CC(C)(C(=O)O)C(NCc1nnnn1C1CC1)c1ccccc1. The maximum Gasteiger partial charge on any atom is 0.311 e. The van der Waals surface area contributed by atoms with Crippen LogP contribution in [-0.4, -0.2) is 31.3 Å². The van der Waals surface area contributed by atoms with Crippen molar-refractivity contribution in [3.05, 3.63) is 41.7 Å². The van der Waals surface area contributed by atoms with Crippen LogP contribution >= 0.6 is 0 Å². The molecule has 0 bridgehead atoms. The number of carbonyl (C=O) groups is 1. The molecule has 23 heavy (non-hydrogen) atoms. The molecule has 0 saturated heterocycles. The number of tetrazole rings is 1. The van der Waals surface area contributed by atoms with Crippen LogP contribution in [0.3, 0.4) is 0 Å². The number of hydrogen-bond acceptors (Lipinski definition) is 5. The Labute approximate surface area is 134 Å². The minimum Gasteiger partial charge on any atom is -0.481 e. The number of aromatic nitrogens is 4. The minimum atomic E-state index is -0.959. The Balaban J connectivity index is 1.81. The minimum absolute atomic E-state index is 0.342. The second-order valence-electron chi connectivity index (χ2n) is 6.52. The first kappa shape index (κ1) is 15.6.